The fourth-order valence-corrected chi connectivity index (χ4v) is 3.23. The fourth-order valence-electron chi connectivity index (χ4n) is 3.23. The van der Waals surface area contributed by atoms with Crippen molar-refractivity contribution in [3.63, 3.8) is 0 Å². The predicted molar refractivity (Wildman–Crippen MR) is 109 cm³/mol. The van der Waals surface area contributed by atoms with Gasteiger partial charge in [0.1, 0.15) is 28.8 Å². The van der Waals surface area contributed by atoms with Crippen LogP contribution < -0.4 is 5.32 Å². The van der Waals surface area contributed by atoms with Crippen LogP contribution in [0.25, 0.3) is 0 Å². The molecular weight excluding hydrogens is 402 g/mol. The average molecular weight is 427 g/mol. The molecule has 0 radical (unpaired) electrons. The number of furan rings is 3. The number of rotatable bonds is 13. The van der Waals surface area contributed by atoms with E-state index in [-0.39, 0.29) is 31.0 Å². The van der Waals surface area contributed by atoms with Gasteiger partial charge in [0.25, 0.3) is 5.91 Å². The van der Waals surface area contributed by atoms with E-state index in [9.17, 15) is 19.5 Å². The fraction of sp³-hybridized carbons (Fsp3) is 0.348. The first-order chi connectivity index (χ1) is 14.9. The first-order valence-corrected chi connectivity index (χ1v) is 10.1. The second-order valence-electron chi connectivity index (χ2n) is 7.38. The third kappa shape index (κ3) is 6.82. The molecular formula is C23H25NO7. The molecule has 2 N–H and O–H groups in total. The van der Waals surface area contributed by atoms with Crippen LogP contribution in [-0.2, 0) is 33.8 Å². The van der Waals surface area contributed by atoms with Crippen LogP contribution in [-0.4, -0.2) is 28.2 Å². The van der Waals surface area contributed by atoms with Gasteiger partial charge >= 0.3 is 0 Å². The molecule has 0 bridgehead atoms. The molecule has 0 aromatic carbocycles. The summed E-state index contributed by atoms with van der Waals surface area (Å²) >= 11 is 0. The lowest BCUT2D eigenvalue weighted by Crippen LogP contribution is -2.49. The van der Waals surface area contributed by atoms with Gasteiger partial charge in [-0.3, -0.25) is 14.4 Å². The summed E-state index contributed by atoms with van der Waals surface area (Å²) < 4.78 is 15.6. The topological polar surface area (TPSA) is 123 Å². The zero-order valence-corrected chi connectivity index (χ0v) is 17.0. The number of ketones is 2. The second-order valence-corrected chi connectivity index (χ2v) is 7.38. The Morgan fingerprint density at radius 3 is 1.65 bits per heavy atom. The first kappa shape index (κ1) is 22.3. The Kier molecular flexibility index (Phi) is 7.61. The highest BCUT2D eigenvalue weighted by molar-refractivity contribution is 5.96. The number of amides is 1. The van der Waals surface area contributed by atoms with E-state index in [0.29, 0.717) is 30.1 Å². The number of aliphatic hydroxyl groups is 1. The molecule has 0 unspecified atom stereocenters. The summed E-state index contributed by atoms with van der Waals surface area (Å²) in [6.07, 6.45) is 4.42. The van der Waals surface area contributed by atoms with E-state index in [2.05, 4.69) is 5.32 Å². The van der Waals surface area contributed by atoms with Gasteiger partial charge in [-0.15, -0.1) is 0 Å². The molecule has 3 aromatic rings. The molecule has 0 saturated heterocycles. The number of hydrogen-bond acceptors (Lipinski definition) is 7. The second kappa shape index (κ2) is 10.6. The average Bonchev–Trinajstić information content (AvgIpc) is 3.52. The summed E-state index contributed by atoms with van der Waals surface area (Å²) in [6.45, 7) is 0.0370. The SMILES string of the molecule is O=C(CCc1ccco1)CC(O)(CC(=O)CCc1ccco1)C(=O)NCc1ccco1. The quantitative estimate of drug-likeness (QED) is 0.430. The summed E-state index contributed by atoms with van der Waals surface area (Å²) in [4.78, 5) is 37.7. The Bertz CT molecular complexity index is 904. The van der Waals surface area contributed by atoms with Crippen molar-refractivity contribution in [3.05, 3.63) is 72.5 Å². The Balaban J connectivity index is 1.61. The maximum Gasteiger partial charge on any atom is 0.253 e. The monoisotopic (exact) mass is 427 g/mol. The lowest BCUT2D eigenvalue weighted by molar-refractivity contribution is -0.149. The largest absolute Gasteiger partial charge is 0.469 e. The highest BCUT2D eigenvalue weighted by Gasteiger charge is 2.40. The number of Topliss-reactive ketones (excluding diaryl/α,β-unsaturated/α-hetero) is 2. The molecule has 3 heterocycles. The van der Waals surface area contributed by atoms with Gasteiger partial charge in [0.2, 0.25) is 0 Å². The maximum atomic E-state index is 12.8. The van der Waals surface area contributed by atoms with E-state index in [1.54, 1.807) is 36.4 Å². The molecule has 0 aliphatic carbocycles. The maximum absolute atomic E-state index is 12.8. The summed E-state index contributed by atoms with van der Waals surface area (Å²) in [6, 6.07) is 10.3. The molecule has 0 spiro atoms. The number of nitrogens with one attached hydrogen (secondary N) is 1. The summed E-state index contributed by atoms with van der Waals surface area (Å²) in [5, 5.41) is 13.6. The molecule has 3 aromatic heterocycles. The zero-order chi connectivity index (χ0) is 22.1. The van der Waals surface area contributed by atoms with Gasteiger partial charge < -0.3 is 23.7 Å². The Morgan fingerprint density at radius 1 is 0.774 bits per heavy atom. The van der Waals surface area contributed by atoms with Crippen molar-refractivity contribution in [2.75, 3.05) is 0 Å². The minimum Gasteiger partial charge on any atom is -0.469 e. The molecule has 0 aliphatic rings. The van der Waals surface area contributed by atoms with Crippen molar-refractivity contribution in [2.45, 2.75) is 50.7 Å². The van der Waals surface area contributed by atoms with Crippen LogP contribution in [0.4, 0.5) is 0 Å². The standard InChI is InChI=1S/C23H25NO7/c25-17(7-9-19-4-1-11-29-19)14-23(28,22(27)24-16-21-6-3-13-31-21)15-18(26)8-10-20-5-2-12-30-20/h1-6,11-13,28H,7-10,14-16H2,(H,24,27). The van der Waals surface area contributed by atoms with Crippen LogP contribution in [0.2, 0.25) is 0 Å². The summed E-state index contributed by atoms with van der Waals surface area (Å²) in [5.41, 5.74) is -2.15. The highest BCUT2D eigenvalue weighted by Crippen LogP contribution is 2.21. The minimum absolute atomic E-state index is 0.0370. The third-order valence-electron chi connectivity index (χ3n) is 4.87. The van der Waals surface area contributed by atoms with Crippen molar-refractivity contribution in [2.24, 2.45) is 0 Å². The zero-order valence-electron chi connectivity index (χ0n) is 17.0. The van der Waals surface area contributed by atoms with Crippen molar-refractivity contribution in [1.29, 1.82) is 0 Å². The van der Waals surface area contributed by atoms with Gasteiger partial charge in [-0.25, -0.2) is 0 Å². The van der Waals surface area contributed by atoms with Crippen LogP contribution in [0, 0.1) is 0 Å². The lowest BCUT2D eigenvalue weighted by Gasteiger charge is -2.25. The smallest absolute Gasteiger partial charge is 0.253 e. The molecule has 3 rings (SSSR count). The molecule has 8 heteroatoms. The number of carbonyl (C=O) groups is 3. The Hall–Kier alpha value is -3.39. The van der Waals surface area contributed by atoms with Crippen molar-refractivity contribution >= 4 is 17.5 Å². The lowest BCUT2D eigenvalue weighted by atomic mass is 9.87. The molecule has 0 saturated carbocycles. The molecule has 164 valence electrons. The van der Waals surface area contributed by atoms with Crippen LogP contribution in [0.3, 0.4) is 0 Å². The van der Waals surface area contributed by atoms with Gasteiger partial charge in [-0.1, -0.05) is 0 Å². The number of aryl methyl sites for hydroxylation is 2. The first-order valence-electron chi connectivity index (χ1n) is 10.1. The van der Waals surface area contributed by atoms with Crippen molar-refractivity contribution in [3.8, 4) is 0 Å². The normalized spacial score (nSPS) is 11.4. The van der Waals surface area contributed by atoms with Crippen LogP contribution in [0.15, 0.2) is 68.4 Å². The molecule has 0 fully saturated rings. The minimum atomic E-state index is -2.15. The highest BCUT2D eigenvalue weighted by atomic mass is 16.3. The van der Waals surface area contributed by atoms with E-state index in [1.807, 2.05) is 0 Å². The molecule has 0 atom stereocenters. The number of carbonyl (C=O) groups excluding carboxylic acids is 3. The number of hydrogen-bond donors (Lipinski definition) is 2. The Morgan fingerprint density at radius 2 is 1.23 bits per heavy atom. The molecule has 0 aliphatic heterocycles. The van der Waals surface area contributed by atoms with E-state index in [4.69, 9.17) is 13.3 Å². The van der Waals surface area contributed by atoms with Crippen LogP contribution >= 0.6 is 0 Å². The summed E-state index contributed by atoms with van der Waals surface area (Å²) in [7, 11) is 0. The van der Waals surface area contributed by atoms with E-state index in [1.165, 1.54) is 18.8 Å². The van der Waals surface area contributed by atoms with Crippen LogP contribution in [0.1, 0.15) is 43.0 Å². The molecule has 8 nitrogen and oxygen atoms in total. The molecule has 1 amide bonds. The van der Waals surface area contributed by atoms with Crippen molar-refractivity contribution < 1.29 is 32.7 Å². The van der Waals surface area contributed by atoms with Crippen molar-refractivity contribution in [1.82, 2.24) is 5.32 Å². The summed E-state index contributed by atoms with van der Waals surface area (Å²) in [5.74, 6) is 0.282. The van der Waals surface area contributed by atoms with Gasteiger partial charge in [0.05, 0.1) is 25.3 Å². The third-order valence-corrected chi connectivity index (χ3v) is 4.87. The Labute approximate surface area is 179 Å². The predicted octanol–water partition coefficient (Wildman–Crippen LogP) is 3.00. The van der Waals surface area contributed by atoms with E-state index in [0.717, 1.165) is 0 Å². The van der Waals surface area contributed by atoms with Gasteiger partial charge in [0.15, 0.2) is 5.60 Å². The van der Waals surface area contributed by atoms with Crippen LogP contribution in [0.5, 0.6) is 0 Å². The molecule has 31 heavy (non-hydrogen) atoms. The van der Waals surface area contributed by atoms with E-state index >= 15 is 0 Å². The van der Waals surface area contributed by atoms with E-state index < -0.39 is 24.3 Å². The van der Waals surface area contributed by atoms with Gasteiger partial charge in [-0.2, -0.15) is 0 Å². The van der Waals surface area contributed by atoms with Gasteiger partial charge in [-0.05, 0) is 36.4 Å². The van der Waals surface area contributed by atoms with Gasteiger partial charge in [0, 0.05) is 38.5 Å².